The fourth-order valence-electron chi connectivity index (χ4n) is 1.17. The van der Waals surface area contributed by atoms with Crippen molar-refractivity contribution in [3.05, 3.63) is 0 Å². The van der Waals surface area contributed by atoms with E-state index in [4.69, 9.17) is 0 Å². The lowest BCUT2D eigenvalue weighted by atomic mass is 10.0. The maximum atomic E-state index is 9.60. The minimum Gasteiger partial charge on any atom is -0.462 e. The summed E-state index contributed by atoms with van der Waals surface area (Å²) in [5.74, 6) is 0.925. The van der Waals surface area contributed by atoms with E-state index in [1.807, 2.05) is 20.8 Å². The molecule has 0 aromatic heterocycles. The number of piperidine rings is 1. The molecule has 0 aromatic rings. The van der Waals surface area contributed by atoms with Crippen molar-refractivity contribution in [2.45, 2.75) is 46.1 Å². The number of rotatable bonds is 1. The highest BCUT2D eigenvalue weighted by molar-refractivity contribution is 5.37. The first-order valence-corrected chi connectivity index (χ1v) is 5.28. The van der Waals surface area contributed by atoms with Gasteiger partial charge in [0.15, 0.2) is 0 Å². The maximum Gasteiger partial charge on any atom is 0.293 e. The standard InChI is InChI=1S/C6H13N.C5H10O2.H2/c1-6-3-2-4-7-5-6;1-5(2,3)7-4-6;/h6-7H,2-5H2,1H3;4H,1-3H3;1H/t6-;;/m1../s1. The van der Waals surface area contributed by atoms with Crippen LogP contribution in [0.1, 0.15) is 42.0 Å². The highest BCUT2D eigenvalue weighted by Crippen LogP contribution is 2.06. The summed E-state index contributed by atoms with van der Waals surface area (Å²) in [6, 6.07) is 0. The highest BCUT2D eigenvalue weighted by Gasteiger charge is 2.07. The first kappa shape index (κ1) is 13.4. The van der Waals surface area contributed by atoms with Crippen molar-refractivity contribution in [2.75, 3.05) is 13.1 Å². The van der Waals surface area contributed by atoms with Crippen molar-refractivity contribution in [1.82, 2.24) is 5.32 Å². The van der Waals surface area contributed by atoms with Gasteiger partial charge in [-0.25, -0.2) is 0 Å². The minimum atomic E-state index is -0.318. The van der Waals surface area contributed by atoms with Gasteiger partial charge in [0, 0.05) is 1.43 Å². The Morgan fingerprint density at radius 2 is 2.14 bits per heavy atom. The van der Waals surface area contributed by atoms with Crippen molar-refractivity contribution in [2.24, 2.45) is 5.92 Å². The number of ether oxygens (including phenoxy) is 1. The summed E-state index contributed by atoms with van der Waals surface area (Å²) >= 11 is 0. The second-order valence-corrected chi connectivity index (χ2v) is 4.78. The van der Waals surface area contributed by atoms with Crippen LogP contribution in [0.25, 0.3) is 0 Å². The minimum absolute atomic E-state index is 0. The molecule has 0 spiro atoms. The lowest BCUT2D eigenvalue weighted by molar-refractivity contribution is -0.138. The van der Waals surface area contributed by atoms with Crippen LogP contribution in [-0.4, -0.2) is 25.2 Å². The van der Waals surface area contributed by atoms with Gasteiger partial charge in [-0.2, -0.15) is 0 Å². The predicted octanol–water partition coefficient (Wildman–Crippen LogP) is 2.21. The Morgan fingerprint density at radius 1 is 1.50 bits per heavy atom. The van der Waals surface area contributed by atoms with Crippen LogP contribution in [0.4, 0.5) is 0 Å². The molecule has 1 aliphatic rings. The number of nitrogens with one attached hydrogen (secondary N) is 1. The van der Waals surface area contributed by atoms with Crippen LogP contribution in [0, 0.1) is 5.92 Å². The molecule has 1 fully saturated rings. The normalized spacial score (nSPS) is 21.9. The molecule has 0 unspecified atom stereocenters. The summed E-state index contributed by atoms with van der Waals surface area (Å²) in [6.07, 6.45) is 2.80. The lowest BCUT2D eigenvalue weighted by Crippen LogP contribution is -2.27. The molecule has 1 rings (SSSR count). The second kappa shape index (κ2) is 6.82. The Morgan fingerprint density at radius 3 is 2.29 bits per heavy atom. The summed E-state index contributed by atoms with van der Waals surface area (Å²) in [5.41, 5.74) is -0.318. The third-order valence-corrected chi connectivity index (χ3v) is 1.94. The topological polar surface area (TPSA) is 38.3 Å². The van der Waals surface area contributed by atoms with E-state index in [9.17, 15) is 4.79 Å². The van der Waals surface area contributed by atoms with Gasteiger partial charge in [-0.1, -0.05) is 6.92 Å². The Hall–Kier alpha value is -0.570. The van der Waals surface area contributed by atoms with Gasteiger partial charge in [0.2, 0.25) is 0 Å². The third-order valence-electron chi connectivity index (χ3n) is 1.94. The number of hydrogen-bond donors (Lipinski definition) is 1. The summed E-state index contributed by atoms with van der Waals surface area (Å²) in [7, 11) is 0. The molecule has 0 aliphatic carbocycles. The van der Waals surface area contributed by atoms with E-state index in [1.165, 1.54) is 25.9 Å². The van der Waals surface area contributed by atoms with Gasteiger partial charge >= 0.3 is 0 Å². The molecule has 0 saturated carbocycles. The van der Waals surface area contributed by atoms with E-state index in [-0.39, 0.29) is 7.03 Å². The molecule has 3 heteroatoms. The Bertz CT molecular complexity index is 151. The van der Waals surface area contributed by atoms with Gasteiger partial charge in [-0.15, -0.1) is 0 Å². The van der Waals surface area contributed by atoms with Crippen LogP contribution in [0.3, 0.4) is 0 Å². The lowest BCUT2D eigenvalue weighted by Gasteiger charge is -2.17. The number of hydrogen-bond acceptors (Lipinski definition) is 3. The van der Waals surface area contributed by atoms with E-state index < -0.39 is 0 Å². The van der Waals surface area contributed by atoms with Crippen LogP contribution < -0.4 is 5.32 Å². The van der Waals surface area contributed by atoms with E-state index in [2.05, 4.69) is 17.0 Å². The molecule has 0 bridgehead atoms. The van der Waals surface area contributed by atoms with Crippen molar-refractivity contribution in [1.29, 1.82) is 0 Å². The molecule has 3 nitrogen and oxygen atoms in total. The summed E-state index contributed by atoms with van der Waals surface area (Å²) in [5, 5.41) is 3.33. The fraction of sp³-hybridized carbons (Fsp3) is 0.909. The van der Waals surface area contributed by atoms with E-state index >= 15 is 0 Å². The van der Waals surface area contributed by atoms with E-state index in [1.54, 1.807) is 0 Å². The molecule has 0 radical (unpaired) electrons. The molecule has 1 saturated heterocycles. The van der Waals surface area contributed by atoms with Gasteiger partial charge in [0.1, 0.15) is 5.60 Å². The largest absolute Gasteiger partial charge is 0.462 e. The molecule has 1 aliphatic heterocycles. The van der Waals surface area contributed by atoms with E-state index in [0.717, 1.165) is 5.92 Å². The maximum absolute atomic E-state index is 9.60. The second-order valence-electron chi connectivity index (χ2n) is 4.78. The molecular weight excluding hydrogens is 178 g/mol. The van der Waals surface area contributed by atoms with Crippen LogP contribution in [0.5, 0.6) is 0 Å². The van der Waals surface area contributed by atoms with Gasteiger partial charge in [0.05, 0.1) is 0 Å². The SMILES string of the molecule is CC(C)(C)OC=O.C[C@@H]1CCCNC1.[HH]. The molecule has 1 atom stereocenters. The van der Waals surface area contributed by atoms with Gasteiger partial charge in [-0.05, 0) is 52.6 Å². The Balaban J connectivity index is 0. The summed E-state index contributed by atoms with van der Waals surface area (Å²) in [4.78, 5) is 9.60. The van der Waals surface area contributed by atoms with Crippen LogP contribution >= 0.6 is 0 Å². The van der Waals surface area contributed by atoms with Gasteiger partial charge in [-0.3, -0.25) is 4.79 Å². The van der Waals surface area contributed by atoms with Crippen molar-refractivity contribution < 1.29 is 11.0 Å². The monoisotopic (exact) mass is 203 g/mol. The smallest absolute Gasteiger partial charge is 0.293 e. The first-order valence-electron chi connectivity index (χ1n) is 5.28. The fourth-order valence-corrected chi connectivity index (χ4v) is 1.17. The van der Waals surface area contributed by atoms with Crippen LogP contribution in [0.15, 0.2) is 0 Å². The number of carbonyl (C=O) groups is 1. The summed E-state index contributed by atoms with van der Waals surface area (Å²) in [6.45, 7) is 10.7. The molecular formula is C11H25NO2. The van der Waals surface area contributed by atoms with E-state index in [0.29, 0.717) is 6.47 Å². The highest BCUT2D eigenvalue weighted by atomic mass is 16.5. The average molecular weight is 203 g/mol. The van der Waals surface area contributed by atoms with Crippen LogP contribution in [0.2, 0.25) is 0 Å². The zero-order valence-corrected chi connectivity index (χ0v) is 9.80. The zero-order chi connectivity index (χ0) is 11.0. The van der Waals surface area contributed by atoms with Gasteiger partial charge < -0.3 is 10.1 Å². The molecule has 0 aromatic carbocycles. The van der Waals surface area contributed by atoms with Crippen molar-refractivity contribution in [3.63, 3.8) is 0 Å². The quantitative estimate of drug-likeness (QED) is 0.664. The Labute approximate surface area is 88.7 Å². The first-order chi connectivity index (χ1) is 6.45. The molecule has 14 heavy (non-hydrogen) atoms. The molecule has 0 amide bonds. The predicted molar refractivity (Wildman–Crippen MR) is 60.3 cm³/mol. The third kappa shape index (κ3) is 9.52. The zero-order valence-electron chi connectivity index (χ0n) is 9.80. The van der Waals surface area contributed by atoms with Gasteiger partial charge in [0.25, 0.3) is 6.47 Å². The molecule has 1 heterocycles. The summed E-state index contributed by atoms with van der Waals surface area (Å²) < 4.78 is 4.55. The molecule has 86 valence electrons. The van der Waals surface area contributed by atoms with Crippen LogP contribution in [-0.2, 0) is 9.53 Å². The average Bonchev–Trinajstić information content (AvgIpc) is 2.04. The van der Waals surface area contributed by atoms with Crippen molar-refractivity contribution in [3.8, 4) is 0 Å². The van der Waals surface area contributed by atoms with Crippen molar-refractivity contribution >= 4 is 6.47 Å². The molecule has 1 N–H and O–H groups in total. The Kier molecular flexibility index (Phi) is 6.54. The number of carbonyl (C=O) groups excluding carboxylic acids is 1.